The molecule has 4 rings (SSSR count). The van der Waals surface area contributed by atoms with Crippen molar-refractivity contribution in [3.05, 3.63) is 52.4 Å². The number of aliphatic hydroxyl groups is 1. The number of benzene rings is 1. The molecule has 1 aromatic carbocycles. The molecule has 0 radical (unpaired) electrons. The summed E-state index contributed by atoms with van der Waals surface area (Å²) in [4.78, 5) is 15.1. The number of nitrogens with one attached hydrogen (secondary N) is 2. The van der Waals surface area contributed by atoms with E-state index in [1.165, 1.54) is 18.6 Å². The first-order chi connectivity index (χ1) is 14.5. The van der Waals surface area contributed by atoms with Gasteiger partial charge in [0, 0.05) is 11.9 Å². The lowest BCUT2D eigenvalue weighted by Crippen LogP contribution is -2.14. The number of fused-ring (bicyclic) bond motifs is 1. The molecule has 0 amide bonds. The summed E-state index contributed by atoms with van der Waals surface area (Å²) in [7, 11) is 0. The molecule has 0 bridgehead atoms. The molecule has 1 fully saturated rings. The standard InChI is InChI=1S/C20H22F2N4O2.C2H6/c21-18(22)17(27)12-6-8-13(9-7-12)24-19-16-15(10-11-23-20(16)28)26(25-19)14-4-2-1-3-5-14;1-2/h6-11,14,17-18,27H,1-5H2,(H,23,28)(H,24,25);1-2H3. The van der Waals surface area contributed by atoms with Crippen molar-refractivity contribution in [2.75, 3.05) is 5.32 Å². The second kappa shape index (κ2) is 9.84. The summed E-state index contributed by atoms with van der Waals surface area (Å²) in [5.41, 5.74) is 1.29. The van der Waals surface area contributed by atoms with Gasteiger partial charge >= 0.3 is 0 Å². The SMILES string of the molecule is CC.O=c1[nH]ccc2c1c(Nc1ccc(C(O)C(F)F)cc1)nn2C1CCCCC1. The molecule has 162 valence electrons. The summed E-state index contributed by atoms with van der Waals surface area (Å²) in [6, 6.07) is 8.16. The smallest absolute Gasteiger partial charge is 0.268 e. The highest BCUT2D eigenvalue weighted by atomic mass is 19.3. The van der Waals surface area contributed by atoms with Crippen molar-refractivity contribution >= 4 is 22.4 Å². The number of aromatic nitrogens is 3. The normalized spacial score (nSPS) is 15.7. The van der Waals surface area contributed by atoms with Crippen molar-refractivity contribution in [1.82, 2.24) is 14.8 Å². The maximum absolute atomic E-state index is 12.6. The van der Waals surface area contributed by atoms with E-state index in [-0.39, 0.29) is 17.2 Å². The van der Waals surface area contributed by atoms with Gasteiger partial charge in [0.1, 0.15) is 11.5 Å². The van der Waals surface area contributed by atoms with E-state index in [9.17, 15) is 18.7 Å². The summed E-state index contributed by atoms with van der Waals surface area (Å²) in [5.74, 6) is 0.435. The zero-order chi connectivity index (χ0) is 21.7. The van der Waals surface area contributed by atoms with Gasteiger partial charge < -0.3 is 15.4 Å². The van der Waals surface area contributed by atoms with Crippen molar-refractivity contribution in [1.29, 1.82) is 0 Å². The Morgan fingerprint density at radius 3 is 2.43 bits per heavy atom. The first kappa shape index (κ1) is 22.0. The number of aliphatic hydroxyl groups excluding tert-OH is 1. The molecule has 2 heterocycles. The van der Waals surface area contributed by atoms with Crippen LogP contribution in [-0.4, -0.2) is 26.3 Å². The maximum Gasteiger partial charge on any atom is 0.268 e. The molecule has 1 unspecified atom stereocenters. The van der Waals surface area contributed by atoms with E-state index in [0.29, 0.717) is 16.9 Å². The number of alkyl halides is 2. The van der Waals surface area contributed by atoms with Gasteiger partial charge in [-0.2, -0.15) is 5.10 Å². The molecule has 0 saturated heterocycles. The summed E-state index contributed by atoms with van der Waals surface area (Å²) >= 11 is 0. The number of H-pyrrole nitrogens is 1. The van der Waals surface area contributed by atoms with Gasteiger partial charge in [0.05, 0.1) is 11.6 Å². The van der Waals surface area contributed by atoms with Crippen molar-refractivity contribution in [3.8, 4) is 0 Å². The van der Waals surface area contributed by atoms with Crippen LogP contribution in [0.1, 0.15) is 63.7 Å². The average Bonchev–Trinajstić information content (AvgIpc) is 3.15. The van der Waals surface area contributed by atoms with Crippen LogP contribution in [0.25, 0.3) is 10.9 Å². The van der Waals surface area contributed by atoms with Gasteiger partial charge in [-0.1, -0.05) is 45.2 Å². The average molecular weight is 418 g/mol. The molecule has 3 aromatic rings. The predicted molar refractivity (Wildman–Crippen MR) is 115 cm³/mol. The Bertz CT molecular complexity index is 1010. The number of halogens is 2. The lowest BCUT2D eigenvalue weighted by atomic mass is 9.95. The molecule has 1 saturated carbocycles. The molecule has 1 atom stereocenters. The van der Waals surface area contributed by atoms with E-state index in [2.05, 4.69) is 15.4 Å². The second-order valence-electron chi connectivity index (χ2n) is 7.18. The zero-order valence-electron chi connectivity index (χ0n) is 17.2. The third-order valence-electron chi connectivity index (χ3n) is 5.30. The number of anilines is 2. The van der Waals surface area contributed by atoms with Crippen molar-refractivity contribution in [3.63, 3.8) is 0 Å². The van der Waals surface area contributed by atoms with Crippen LogP contribution in [0, 0.1) is 0 Å². The number of hydrogen-bond donors (Lipinski definition) is 3. The Morgan fingerprint density at radius 2 is 1.80 bits per heavy atom. The van der Waals surface area contributed by atoms with Gasteiger partial charge in [-0.15, -0.1) is 0 Å². The van der Waals surface area contributed by atoms with Gasteiger partial charge in [-0.3, -0.25) is 9.48 Å². The molecular formula is C22H28F2N4O2. The number of aromatic amines is 1. The van der Waals surface area contributed by atoms with E-state index in [1.54, 1.807) is 18.3 Å². The molecule has 0 spiro atoms. The van der Waals surface area contributed by atoms with E-state index in [4.69, 9.17) is 0 Å². The van der Waals surface area contributed by atoms with Crippen LogP contribution < -0.4 is 10.9 Å². The predicted octanol–water partition coefficient (Wildman–Crippen LogP) is 5.30. The third-order valence-corrected chi connectivity index (χ3v) is 5.30. The minimum Gasteiger partial charge on any atom is -0.382 e. The number of pyridine rings is 1. The Balaban J connectivity index is 0.00000124. The molecule has 3 N–H and O–H groups in total. The van der Waals surface area contributed by atoms with E-state index >= 15 is 0 Å². The second-order valence-corrected chi connectivity index (χ2v) is 7.18. The third kappa shape index (κ3) is 4.53. The van der Waals surface area contributed by atoms with Crippen molar-refractivity contribution in [2.24, 2.45) is 0 Å². The lowest BCUT2D eigenvalue weighted by Gasteiger charge is -2.22. The fourth-order valence-corrected chi connectivity index (χ4v) is 3.84. The summed E-state index contributed by atoms with van der Waals surface area (Å²) in [6.45, 7) is 4.00. The highest BCUT2D eigenvalue weighted by Crippen LogP contribution is 2.33. The molecular weight excluding hydrogens is 390 g/mol. The number of rotatable bonds is 5. The molecule has 1 aliphatic carbocycles. The van der Waals surface area contributed by atoms with E-state index < -0.39 is 12.5 Å². The Kier molecular flexibility index (Phi) is 7.20. The summed E-state index contributed by atoms with van der Waals surface area (Å²) < 4.78 is 27.2. The van der Waals surface area contributed by atoms with Crippen LogP contribution in [0.2, 0.25) is 0 Å². The van der Waals surface area contributed by atoms with Gasteiger partial charge in [0.2, 0.25) is 0 Å². The van der Waals surface area contributed by atoms with Crippen LogP contribution >= 0.6 is 0 Å². The molecule has 8 heteroatoms. The molecule has 2 aromatic heterocycles. The van der Waals surface area contributed by atoms with Crippen molar-refractivity contribution in [2.45, 2.75) is 64.5 Å². The summed E-state index contributed by atoms with van der Waals surface area (Å²) in [6.07, 6.45) is 2.54. The van der Waals surface area contributed by atoms with E-state index in [1.807, 2.05) is 24.6 Å². The van der Waals surface area contributed by atoms with Crippen LogP contribution in [0.5, 0.6) is 0 Å². The fourth-order valence-electron chi connectivity index (χ4n) is 3.84. The van der Waals surface area contributed by atoms with Crippen LogP contribution in [0.3, 0.4) is 0 Å². The summed E-state index contributed by atoms with van der Waals surface area (Å²) in [5, 5.41) is 17.7. The van der Waals surface area contributed by atoms with Crippen LogP contribution in [0.4, 0.5) is 20.3 Å². The minimum absolute atomic E-state index is 0.135. The quantitative estimate of drug-likeness (QED) is 0.525. The number of hydrogen-bond acceptors (Lipinski definition) is 4. The number of nitrogens with zero attached hydrogens (tertiary/aromatic N) is 2. The highest BCUT2D eigenvalue weighted by molar-refractivity contribution is 5.91. The van der Waals surface area contributed by atoms with Crippen LogP contribution in [0.15, 0.2) is 41.3 Å². The van der Waals surface area contributed by atoms with E-state index in [0.717, 1.165) is 31.2 Å². The maximum atomic E-state index is 12.6. The molecule has 0 aliphatic heterocycles. The lowest BCUT2D eigenvalue weighted by molar-refractivity contribution is -0.00577. The monoisotopic (exact) mass is 418 g/mol. The van der Waals surface area contributed by atoms with Gasteiger partial charge in [-0.05, 0) is 36.6 Å². The Hall–Kier alpha value is -2.74. The minimum atomic E-state index is -2.84. The first-order valence-electron chi connectivity index (χ1n) is 10.5. The highest BCUT2D eigenvalue weighted by Gasteiger charge is 2.22. The van der Waals surface area contributed by atoms with Gasteiger partial charge in [0.25, 0.3) is 12.0 Å². The Labute approximate surface area is 173 Å². The topological polar surface area (TPSA) is 82.9 Å². The largest absolute Gasteiger partial charge is 0.382 e. The zero-order valence-corrected chi connectivity index (χ0v) is 17.2. The van der Waals surface area contributed by atoms with Gasteiger partial charge in [-0.25, -0.2) is 8.78 Å². The molecule has 6 nitrogen and oxygen atoms in total. The van der Waals surface area contributed by atoms with Gasteiger partial charge in [0.15, 0.2) is 5.82 Å². The molecule has 1 aliphatic rings. The fraction of sp³-hybridized carbons (Fsp3) is 0.455. The van der Waals surface area contributed by atoms with Crippen molar-refractivity contribution < 1.29 is 13.9 Å². The first-order valence-corrected chi connectivity index (χ1v) is 10.5. The Morgan fingerprint density at radius 1 is 1.13 bits per heavy atom. The molecule has 30 heavy (non-hydrogen) atoms. The van der Waals surface area contributed by atoms with Crippen LogP contribution in [-0.2, 0) is 0 Å².